The van der Waals surface area contributed by atoms with Crippen molar-refractivity contribution in [2.24, 2.45) is 0 Å². The number of aromatic amines is 1. The molecular weight excluding hydrogens is 404 g/mol. The average molecular weight is 439 g/mol. The maximum Gasteiger partial charge on any atom is 0.293 e. The molecule has 0 unspecified atom stereocenters. The molecular formula is C26H34N2O4. The zero-order valence-corrected chi connectivity index (χ0v) is 19.7. The molecule has 6 nitrogen and oxygen atoms in total. The lowest BCUT2D eigenvalue weighted by molar-refractivity contribution is -0.138. The van der Waals surface area contributed by atoms with Crippen LogP contribution in [0.4, 0.5) is 0 Å². The predicted octanol–water partition coefficient (Wildman–Crippen LogP) is 5.28. The lowest BCUT2D eigenvalue weighted by atomic mass is 9.94. The molecule has 0 radical (unpaired) electrons. The van der Waals surface area contributed by atoms with E-state index in [4.69, 9.17) is 9.47 Å². The molecule has 0 amide bonds. The second-order valence-corrected chi connectivity index (χ2v) is 8.95. The van der Waals surface area contributed by atoms with Gasteiger partial charge in [0.05, 0.1) is 14.2 Å². The predicted molar refractivity (Wildman–Crippen MR) is 129 cm³/mol. The molecule has 2 N–H and O–H groups in total. The van der Waals surface area contributed by atoms with E-state index in [1.807, 2.05) is 32.9 Å². The van der Waals surface area contributed by atoms with Crippen LogP contribution in [0.2, 0.25) is 0 Å². The summed E-state index contributed by atoms with van der Waals surface area (Å²) in [5.74, 6) is 2.14. The summed E-state index contributed by atoms with van der Waals surface area (Å²) < 4.78 is 15.3. The van der Waals surface area contributed by atoms with Crippen LogP contribution >= 0.6 is 0 Å². The first-order valence-electron chi connectivity index (χ1n) is 11.0. The molecule has 1 aliphatic heterocycles. The zero-order chi connectivity index (χ0) is 23.1. The second-order valence-electron chi connectivity index (χ2n) is 8.95. The van der Waals surface area contributed by atoms with Crippen molar-refractivity contribution in [3.8, 4) is 22.6 Å². The van der Waals surface area contributed by atoms with E-state index in [1.54, 1.807) is 14.2 Å². The maximum atomic E-state index is 9.60. The molecule has 0 spiro atoms. The first-order chi connectivity index (χ1) is 15.3. The molecule has 32 heavy (non-hydrogen) atoms. The third kappa shape index (κ3) is 6.04. The molecule has 1 saturated heterocycles. The highest BCUT2D eigenvalue weighted by molar-refractivity contribution is 5.86. The number of carbonyl (C=O) groups is 1. The summed E-state index contributed by atoms with van der Waals surface area (Å²) in [6.45, 7) is 8.14. The Bertz CT molecular complexity index is 1030. The SMILES string of the molecule is CC(C)(C)OC=O.COc1ccc(-c2ccc3[nH]c(C4CCNCC4)cc3c2)cc1OC. The molecule has 2 aromatic carbocycles. The maximum absolute atomic E-state index is 9.60. The first kappa shape index (κ1) is 23.7. The molecule has 0 bridgehead atoms. The van der Waals surface area contributed by atoms with Crippen molar-refractivity contribution in [1.29, 1.82) is 0 Å². The van der Waals surface area contributed by atoms with E-state index in [1.165, 1.54) is 35.0 Å². The fourth-order valence-corrected chi connectivity index (χ4v) is 3.85. The van der Waals surface area contributed by atoms with Crippen LogP contribution in [-0.2, 0) is 9.53 Å². The van der Waals surface area contributed by atoms with Gasteiger partial charge in [0.2, 0.25) is 0 Å². The first-order valence-corrected chi connectivity index (χ1v) is 11.0. The molecule has 2 heterocycles. The normalized spacial score (nSPS) is 14.4. The van der Waals surface area contributed by atoms with Crippen molar-refractivity contribution in [1.82, 2.24) is 10.3 Å². The lowest BCUT2D eigenvalue weighted by Gasteiger charge is -2.21. The van der Waals surface area contributed by atoms with Crippen molar-refractivity contribution >= 4 is 17.4 Å². The number of ether oxygens (including phenoxy) is 3. The van der Waals surface area contributed by atoms with Crippen LogP contribution in [-0.4, -0.2) is 44.4 Å². The van der Waals surface area contributed by atoms with Crippen LogP contribution in [0.25, 0.3) is 22.0 Å². The number of methoxy groups -OCH3 is 2. The summed E-state index contributed by atoms with van der Waals surface area (Å²) in [6, 6.07) is 14.9. The Morgan fingerprint density at radius 1 is 0.906 bits per heavy atom. The van der Waals surface area contributed by atoms with E-state index >= 15 is 0 Å². The largest absolute Gasteiger partial charge is 0.493 e. The summed E-state index contributed by atoms with van der Waals surface area (Å²) >= 11 is 0. The van der Waals surface area contributed by atoms with Gasteiger partial charge in [-0.3, -0.25) is 4.79 Å². The number of rotatable bonds is 5. The summed E-state index contributed by atoms with van der Waals surface area (Å²) in [5, 5.41) is 4.70. The highest BCUT2D eigenvalue weighted by Crippen LogP contribution is 2.34. The van der Waals surface area contributed by atoms with E-state index in [0.29, 0.717) is 12.4 Å². The molecule has 1 fully saturated rings. The number of benzene rings is 2. The average Bonchev–Trinajstić information content (AvgIpc) is 3.22. The Kier molecular flexibility index (Phi) is 7.80. The van der Waals surface area contributed by atoms with Gasteiger partial charge < -0.3 is 24.5 Å². The molecule has 6 heteroatoms. The fourth-order valence-electron chi connectivity index (χ4n) is 3.85. The monoisotopic (exact) mass is 438 g/mol. The number of aromatic nitrogens is 1. The van der Waals surface area contributed by atoms with Gasteiger partial charge in [-0.05, 0) is 88.2 Å². The van der Waals surface area contributed by atoms with Crippen molar-refractivity contribution in [3.63, 3.8) is 0 Å². The van der Waals surface area contributed by atoms with Crippen LogP contribution in [0, 0.1) is 0 Å². The number of hydrogen-bond donors (Lipinski definition) is 2. The van der Waals surface area contributed by atoms with E-state index in [9.17, 15) is 4.79 Å². The van der Waals surface area contributed by atoms with Crippen LogP contribution in [0.3, 0.4) is 0 Å². The Hall–Kier alpha value is -2.99. The van der Waals surface area contributed by atoms with Gasteiger partial charge in [-0.2, -0.15) is 0 Å². The van der Waals surface area contributed by atoms with Crippen LogP contribution in [0.1, 0.15) is 45.2 Å². The molecule has 1 aliphatic rings. The van der Waals surface area contributed by atoms with Crippen LogP contribution < -0.4 is 14.8 Å². The third-order valence-corrected chi connectivity index (χ3v) is 5.54. The molecule has 1 aromatic heterocycles. The van der Waals surface area contributed by atoms with Gasteiger partial charge >= 0.3 is 0 Å². The minimum atomic E-state index is -0.318. The Morgan fingerprint density at radius 2 is 1.56 bits per heavy atom. The number of H-pyrrole nitrogens is 1. The van der Waals surface area contributed by atoms with E-state index < -0.39 is 0 Å². The van der Waals surface area contributed by atoms with E-state index in [0.717, 1.165) is 30.2 Å². The van der Waals surface area contributed by atoms with E-state index in [2.05, 4.69) is 45.4 Å². The van der Waals surface area contributed by atoms with Gasteiger partial charge in [-0.15, -0.1) is 0 Å². The molecule has 0 atom stereocenters. The Morgan fingerprint density at radius 3 is 2.16 bits per heavy atom. The minimum absolute atomic E-state index is 0.318. The molecule has 0 saturated carbocycles. The van der Waals surface area contributed by atoms with Crippen LogP contribution in [0.15, 0.2) is 42.5 Å². The summed E-state index contributed by atoms with van der Waals surface area (Å²) in [7, 11) is 3.33. The molecule has 4 rings (SSSR count). The highest BCUT2D eigenvalue weighted by Gasteiger charge is 2.17. The lowest BCUT2D eigenvalue weighted by Crippen LogP contribution is -2.26. The number of carbonyl (C=O) groups excluding carboxylic acids is 1. The molecule has 0 aliphatic carbocycles. The summed E-state index contributed by atoms with van der Waals surface area (Å²) in [5.41, 5.74) is 4.56. The quantitative estimate of drug-likeness (QED) is 0.531. The highest BCUT2D eigenvalue weighted by atomic mass is 16.5. The van der Waals surface area contributed by atoms with Crippen molar-refractivity contribution < 1.29 is 19.0 Å². The van der Waals surface area contributed by atoms with Gasteiger partial charge in [0.1, 0.15) is 5.60 Å². The third-order valence-electron chi connectivity index (χ3n) is 5.54. The van der Waals surface area contributed by atoms with Crippen molar-refractivity contribution in [2.45, 2.75) is 45.1 Å². The smallest absolute Gasteiger partial charge is 0.293 e. The fraction of sp³-hybridized carbons (Fsp3) is 0.423. The van der Waals surface area contributed by atoms with Gasteiger partial charge in [0, 0.05) is 22.5 Å². The Balaban J connectivity index is 0.000000360. The van der Waals surface area contributed by atoms with Gasteiger partial charge in [0.15, 0.2) is 11.5 Å². The number of hydrogen-bond acceptors (Lipinski definition) is 5. The standard InChI is InChI=1S/C21H24N2O2.C5H10O2/c1-24-20-6-4-16(13-21(20)25-2)15-3-5-18-17(11-15)12-19(23-18)14-7-9-22-10-8-14;1-5(2,3)7-4-6/h3-6,11-14,22-23H,7-10H2,1-2H3;4H,1-3H3. The Labute approximate surface area is 190 Å². The summed E-state index contributed by atoms with van der Waals surface area (Å²) in [4.78, 5) is 13.2. The van der Waals surface area contributed by atoms with Crippen molar-refractivity contribution in [3.05, 3.63) is 48.2 Å². The van der Waals surface area contributed by atoms with Crippen molar-refractivity contribution in [2.75, 3.05) is 27.3 Å². The van der Waals surface area contributed by atoms with E-state index in [-0.39, 0.29) is 5.60 Å². The summed E-state index contributed by atoms with van der Waals surface area (Å²) in [6.07, 6.45) is 2.41. The van der Waals surface area contributed by atoms with Crippen LogP contribution in [0.5, 0.6) is 11.5 Å². The number of piperidine rings is 1. The second kappa shape index (κ2) is 10.6. The van der Waals surface area contributed by atoms with Gasteiger partial charge in [-0.25, -0.2) is 0 Å². The minimum Gasteiger partial charge on any atom is -0.493 e. The molecule has 172 valence electrons. The molecule has 3 aromatic rings. The van der Waals surface area contributed by atoms with Gasteiger partial charge in [0.25, 0.3) is 6.47 Å². The number of fused-ring (bicyclic) bond motifs is 1. The zero-order valence-electron chi connectivity index (χ0n) is 19.7. The number of nitrogens with one attached hydrogen (secondary N) is 2. The van der Waals surface area contributed by atoms with Gasteiger partial charge in [-0.1, -0.05) is 12.1 Å². The topological polar surface area (TPSA) is 72.6 Å².